The maximum absolute atomic E-state index is 8.25. The van der Waals surface area contributed by atoms with E-state index in [1.165, 1.54) is 0 Å². The topological polar surface area (TPSA) is 114 Å². The first-order valence-electron chi connectivity index (χ1n) is 2.36. The van der Waals surface area contributed by atoms with Gasteiger partial charge in [0.05, 0.1) is 11.6 Å². The molecule has 0 aromatic rings. The van der Waals surface area contributed by atoms with Crippen LogP contribution in [0.1, 0.15) is 6.42 Å². The van der Waals surface area contributed by atoms with Gasteiger partial charge < -0.3 is 26.2 Å². The predicted octanol–water partition coefficient (Wildman–Crippen LogP) is -1.63. The molecule has 9 heavy (non-hydrogen) atoms. The fourth-order valence-electron chi connectivity index (χ4n) is 0.112. The van der Waals surface area contributed by atoms with Gasteiger partial charge in [0, 0.05) is 13.0 Å². The number of quaternary nitrogens is 1. The van der Waals surface area contributed by atoms with Crippen molar-refractivity contribution in [3.05, 3.63) is 15.3 Å². The van der Waals surface area contributed by atoms with Gasteiger partial charge in [-0.15, -0.1) is 0 Å². The maximum atomic E-state index is 8.25. The fourth-order valence-corrected chi connectivity index (χ4v) is 0.112. The highest BCUT2D eigenvalue weighted by Gasteiger charge is 1.72. The second kappa shape index (κ2) is 10.2. The quantitative estimate of drug-likeness (QED) is 0.352. The average molecular weight is 138 g/mol. The van der Waals surface area contributed by atoms with E-state index in [-0.39, 0.29) is 6.61 Å². The smallest absolute Gasteiger partial charge is 0.0762 e. The molecule has 6 nitrogen and oxygen atoms in total. The average Bonchev–Trinajstić information content (AvgIpc) is 1.66. The largest absolute Gasteiger partial charge is 0.396 e. The van der Waals surface area contributed by atoms with E-state index in [0.717, 1.165) is 13.0 Å². The number of rotatable bonds is 2. The van der Waals surface area contributed by atoms with Gasteiger partial charge >= 0.3 is 0 Å². The van der Waals surface area contributed by atoms with Gasteiger partial charge in [-0.3, -0.25) is 0 Å². The molecule has 0 aliphatic carbocycles. The van der Waals surface area contributed by atoms with E-state index >= 15 is 0 Å². The summed E-state index contributed by atoms with van der Waals surface area (Å²) in [5, 5.41) is 22.8. The Morgan fingerprint density at radius 1 is 1.56 bits per heavy atom. The van der Waals surface area contributed by atoms with Crippen LogP contribution in [0, 0.1) is 15.3 Å². The Hall–Kier alpha value is -0.880. The van der Waals surface area contributed by atoms with Crippen LogP contribution in [0.3, 0.4) is 0 Å². The van der Waals surface area contributed by atoms with Crippen LogP contribution in [0.5, 0.6) is 0 Å². The molecule has 0 aliphatic heterocycles. The Kier molecular flexibility index (Phi) is 12.4. The minimum Gasteiger partial charge on any atom is -0.396 e. The zero-order valence-electron chi connectivity index (χ0n) is 4.95. The molecule has 56 valence electrons. The van der Waals surface area contributed by atoms with Crippen molar-refractivity contribution in [2.75, 3.05) is 13.2 Å². The van der Waals surface area contributed by atoms with Crippen molar-refractivity contribution in [3.8, 4) is 0 Å². The number of aliphatic hydroxyl groups excluding tert-OH is 1. The molecule has 0 aliphatic rings. The molecule has 0 heterocycles. The molecule has 0 atom stereocenters. The van der Waals surface area contributed by atoms with E-state index in [9.17, 15) is 0 Å². The lowest BCUT2D eigenvalue weighted by Crippen LogP contribution is -2.50. The van der Waals surface area contributed by atoms with E-state index in [1.54, 1.807) is 0 Å². The molecule has 0 rings (SSSR count). The zero-order valence-corrected chi connectivity index (χ0v) is 4.95. The summed E-state index contributed by atoms with van der Waals surface area (Å²) in [6.45, 7) is 1.12. The number of hydrogen-bond donors (Lipinski definition) is 2. The van der Waals surface area contributed by atoms with Crippen molar-refractivity contribution in [3.63, 3.8) is 0 Å². The third-order valence-electron chi connectivity index (χ3n) is 0.408. The van der Waals surface area contributed by atoms with Crippen molar-refractivity contribution >= 4 is 0 Å². The Balaban J connectivity index is 0. The lowest BCUT2D eigenvalue weighted by molar-refractivity contribution is -0.402. The zero-order chi connectivity index (χ0) is 7.70. The standard InChI is InChI=1S/C3H9NO.NO3/c4-2-1-3-5;2-1(3)4/h5H,1-4H2;/q;-1/p+1. The van der Waals surface area contributed by atoms with E-state index in [2.05, 4.69) is 5.73 Å². The summed E-state index contributed by atoms with van der Waals surface area (Å²) < 4.78 is 0. The van der Waals surface area contributed by atoms with Gasteiger partial charge in [-0.25, -0.2) is 0 Å². The predicted molar refractivity (Wildman–Crippen MR) is 29.8 cm³/mol. The molecule has 0 unspecified atom stereocenters. The highest BCUT2D eigenvalue weighted by molar-refractivity contribution is 4.20. The summed E-state index contributed by atoms with van der Waals surface area (Å²) in [5.41, 5.74) is 3.52. The second-order valence-electron chi connectivity index (χ2n) is 1.15. The lowest BCUT2D eigenvalue weighted by atomic mass is 10.5. The molecule has 6 heteroatoms. The molecule has 0 amide bonds. The highest BCUT2D eigenvalue weighted by atomic mass is 16.9. The first-order valence-corrected chi connectivity index (χ1v) is 2.36. The summed E-state index contributed by atoms with van der Waals surface area (Å²) in [7, 11) is 0. The third-order valence-corrected chi connectivity index (χ3v) is 0.408. The number of hydrogen-bond acceptors (Lipinski definition) is 4. The van der Waals surface area contributed by atoms with Crippen LogP contribution in [-0.2, 0) is 0 Å². The molecular formula is C3H10N2O4. The van der Waals surface area contributed by atoms with Gasteiger partial charge in [0.2, 0.25) is 0 Å². The molecule has 0 bridgehead atoms. The maximum Gasteiger partial charge on any atom is 0.0762 e. The Morgan fingerprint density at radius 2 is 1.89 bits per heavy atom. The Labute approximate surface area is 52.0 Å². The number of aliphatic hydroxyl groups is 1. The van der Waals surface area contributed by atoms with Crippen LogP contribution in [0.15, 0.2) is 0 Å². The SMILES string of the molecule is O=[N+]([O-])[O-].[NH3+]CCCO. The van der Waals surface area contributed by atoms with Gasteiger partial charge in [0.1, 0.15) is 0 Å². The van der Waals surface area contributed by atoms with Gasteiger partial charge in [0.15, 0.2) is 0 Å². The van der Waals surface area contributed by atoms with Gasteiger partial charge in [-0.2, -0.15) is 0 Å². The van der Waals surface area contributed by atoms with Crippen molar-refractivity contribution < 1.29 is 15.9 Å². The summed E-state index contributed by atoms with van der Waals surface area (Å²) in [5.74, 6) is 0. The molecule has 0 spiro atoms. The summed E-state index contributed by atoms with van der Waals surface area (Å²) in [4.78, 5) is 8.25. The monoisotopic (exact) mass is 138 g/mol. The van der Waals surface area contributed by atoms with E-state index in [4.69, 9.17) is 20.4 Å². The van der Waals surface area contributed by atoms with Crippen LogP contribution in [0.25, 0.3) is 0 Å². The van der Waals surface area contributed by atoms with Crippen molar-refractivity contribution in [1.82, 2.24) is 0 Å². The second-order valence-corrected chi connectivity index (χ2v) is 1.15. The molecule has 0 saturated carbocycles. The molecule has 4 N–H and O–H groups in total. The fraction of sp³-hybridized carbons (Fsp3) is 1.00. The van der Waals surface area contributed by atoms with E-state index < -0.39 is 5.09 Å². The normalized spacial score (nSPS) is 7.33. The van der Waals surface area contributed by atoms with Crippen LogP contribution in [0.4, 0.5) is 0 Å². The molecule has 0 fully saturated rings. The first-order chi connectivity index (χ1) is 4.15. The van der Waals surface area contributed by atoms with E-state index in [1.807, 2.05) is 0 Å². The van der Waals surface area contributed by atoms with Crippen LogP contribution in [0.2, 0.25) is 0 Å². The molecule has 0 radical (unpaired) electrons. The summed E-state index contributed by atoms with van der Waals surface area (Å²) in [6.07, 6.45) is 0.833. The van der Waals surface area contributed by atoms with Crippen molar-refractivity contribution in [2.24, 2.45) is 0 Å². The van der Waals surface area contributed by atoms with Gasteiger partial charge in [-0.05, 0) is 0 Å². The van der Waals surface area contributed by atoms with Crippen LogP contribution in [-0.4, -0.2) is 23.3 Å². The third kappa shape index (κ3) is 149. The number of nitrogens with zero attached hydrogens (tertiary/aromatic N) is 1. The van der Waals surface area contributed by atoms with Gasteiger partial charge in [-0.1, -0.05) is 0 Å². The van der Waals surface area contributed by atoms with Crippen molar-refractivity contribution in [2.45, 2.75) is 6.42 Å². The van der Waals surface area contributed by atoms with Gasteiger partial charge in [0.25, 0.3) is 0 Å². The first kappa shape index (κ1) is 11.0. The lowest BCUT2D eigenvalue weighted by Gasteiger charge is -1.77. The van der Waals surface area contributed by atoms with Crippen molar-refractivity contribution in [1.29, 1.82) is 0 Å². The molecular weight excluding hydrogens is 128 g/mol. The molecule has 0 aromatic carbocycles. The molecule has 0 aromatic heterocycles. The van der Waals surface area contributed by atoms with E-state index in [0.29, 0.717) is 0 Å². The Morgan fingerprint density at radius 3 is 1.89 bits per heavy atom. The van der Waals surface area contributed by atoms with Crippen LogP contribution >= 0.6 is 0 Å². The van der Waals surface area contributed by atoms with Crippen LogP contribution < -0.4 is 5.73 Å². The summed E-state index contributed by atoms with van der Waals surface area (Å²) in [6, 6.07) is 0. The minimum absolute atomic E-state index is 0.281. The molecule has 0 saturated heterocycles. The minimum atomic E-state index is -1.75. The summed E-state index contributed by atoms with van der Waals surface area (Å²) >= 11 is 0. The Bertz CT molecular complexity index is 60.8. The highest BCUT2D eigenvalue weighted by Crippen LogP contribution is 1.60.